The molecule has 1 heterocycles. The third kappa shape index (κ3) is 6.62. The van der Waals surface area contributed by atoms with Crippen LogP contribution < -0.4 is 20.1 Å². The van der Waals surface area contributed by atoms with Crippen LogP contribution in [0, 0.1) is 5.92 Å². The fraction of sp³-hybridized carbons (Fsp3) is 0.619. The molecule has 1 atom stereocenters. The molecular weight excluding hydrogens is 358 g/mol. The standard InChI is InChI=1S/C21H33N3O4/c1-15(2)23-21(26)24-11-5-6-16(14-24)7-10-20(25)22-13-17-8-9-18(27-3)12-19(17)28-4/h8-9,12,15-16H,5-7,10-11,13-14H2,1-4H3,(H,22,25)(H,23,26)/t16-/m0/s1. The Kier molecular flexibility index (Phi) is 8.42. The van der Waals surface area contributed by atoms with E-state index in [1.165, 1.54) is 0 Å². The molecule has 1 aromatic rings. The van der Waals surface area contributed by atoms with E-state index >= 15 is 0 Å². The fourth-order valence-electron chi connectivity index (χ4n) is 3.44. The number of rotatable bonds is 8. The fourth-order valence-corrected chi connectivity index (χ4v) is 3.44. The SMILES string of the molecule is COc1ccc(CNC(=O)CC[C@@H]2CCCN(C(=O)NC(C)C)C2)c(OC)c1. The van der Waals surface area contributed by atoms with Gasteiger partial charge in [-0.2, -0.15) is 0 Å². The van der Waals surface area contributed by atoms with Gasteiger partial charge in [-0.15, -0.1) is 0 Å². The second kappa shape index (κ2) is 10.8. The molecule has 156 valence electrons. The summed E-state index contributed by atoms with van der Waals surface area (Å²) < 4.78 is 10.6. The number of piperidine rings is 1. The summed E-state index contributed by atoms with van der Waals surface area (Å²) in [7, 11) is 3.21. The van der Waals surface area contributed by atoms with E-state index in [0.29, 0.717) is 24.6 Å². The molecule has 0 aromatic heterocycles. The lowest BCUT2D eigenvalue weighted by Gasteiger charge is -2.33. The summed E-state index contributed by atoms with van der Waals surface area (Å²) in [6, 6.07) is 5.68. The Balaban J connectivity index is 1.77. The average molecular weight is 392 g/mol. The van der Waals surface area contributed by atoms with Gasteiger partial charge in [0.05, 0.1) is 14.2 Å². The van der Waals surface area contributed by atoms with Crippen molar-refractivity contribution in [3.63, 3.8) is 0 Å². The molecule has 7 nitrogen and oxygen atoms in total. The first kappa shape index (κ1) is 21.9. The molecule has 0 unspecified atom stereocenters. The van der Waals surface area contributed by atoms with E-state index in [0.717, 1.165) is 43.7 Å². The Morgan fingerprint density at radius 2 is 2.04 bits per heavy atom. The Morgan fingerprint density at radius 3 is 2.71 bits per heavy atom. The minimum absolute atomic E-state index is 0.00393. The van der Waals surface area contributed by atoms with Crippen molar-refractivity contribution in [1.29, 1.82) is 0 Å². The zero-order valence-electron chi connectivity index (χ0n) is 17.4. The van der Waals surface area contributed by atoms with Crippen LogP contribution in [-0.2, 0) is 11.3 Å². The maximum atomic E-state index is 12.3. The number of methoxy groups -OCH3 is 2. The van der Waals surface area contributed by atoms with Gasteiger partial charge in [-0.05, 0) is 51.2 Å². The minimum atomic E-state index is -0.00393. The van der Waals surface area contributed by atoms with Crippen molar-refractivity contribution in [2.45, 2.75) is 52.1 Å². The van der Waals surface area contributed by atoms with Gasteiger partial charge in [0.1, 0.15) is 11.5 Å². The smallest absolute Gasteiger partial charge is 0.317 e. The summed E-state index contributed by atoms with van der Waals surface area (Å²) >= 11 is 0. The lowest BCUT2D eigenvalue weighted by Crippen LogP contribution is -2.47. The van der Waals surface area contributed by atoms with Gasteiger partial charge in [0.2, 0.25) is 5.91 Å². The molecule has 0 bridgehead atoms. The van der Waals surface area contributed by atoms with Gasteiger partial charge in [0.25, 0.3) is 0 Å². The third-order valence-electron chi connectivity index (χ3n) is 4.97. The molecule has 1 aliphatic heterocycles. The van der Waals surface area contributed by atoms with Gasteiger partial charge in [0.15, 0.2) is 0 Å². The van der Waals surface area contributed by atoms with Gasteiger partial charge in [-0.3, -0.25) is 4.79 Å². The lowest BCUT2D eigenvalue weighted by molar-refractivity contribution is -0.121. The summed E-state index contributed by atoms with van der Waals surface area (Å²) in [4.78, 5) is 26.3. The number of hydrogen-bond donors (Lipinski definition) is 2. The third-order valence-corrected chi connectivity index (χ3v) is 4.97. The second-order valence-electron chi connectivity index (χ2n) is 7.55. The van der Waals surface area contributed by atoms with E-state index in [4.69, 9.17) is 9.47 Å². The monoisotopic (exact) mass is 391 g/mol. The van der Waals surface area contributed by atoms with Crippen molar-refractivity contribution >= 4 is 11.9 Å². The summed E-state index contributed by atoms with van der Waals surface area (Å²) in [6.07, 6.45) is 3.30. The molecule has 1 saturated heterocycles. The van der Waals surface area contributed by atoms with Gasteiger partial charge >= 0.3 is 6.03 Å². The maximum Gasteiger partial charge on any atom is 0.317 e. The molecular formula is C21H33N3O4. The molecule has 3 amide bonds. The van der Waals surface area contributed by atoms with Crippen LogP contribution in [0.4, 0.5) is 4.79 Å². The molecule has 0 radical (unpaired) electrons. The highest BCUT2D eigenvalue weighted by molar-refractivity contribution is 5.76. The first-order chi connectivity index (χ1) is 13.4. The van der Waals surface area contributed by atoms with Crippen LogP contribution in [0.2, 0.25) is 0 Å². The molecule has 2 rings (SSSR count). The van der Waals surface area contributed by atoms with Gasteiger partial charge in [0, 0.05) is 43.7 Å². The molecule has 0 spiro atoms. The van der Waals surface area contributed by atoms with Crippen molar-refractivity contribution < 1.29 is 19.1 Å². The van der Waals surface area contributed by atoms with Crippen LogP contribution in [0.25, 0.3) is 0 Å². The summed E-state index contributed by atoms with van der Waals surface area (Å²) in [6.45, 7) is 5.85. The van der Waals surface area contributed by atoms with E-state index < -0.39 is 0 Å². The van der Waals surface area contributed by atoms with Crippen molar-refractivity contribution in [2.24, 2.45) is 5.92 Å². The number of ether oxygens (including phenoxy) is 2. The van der Waals surface area contributed by atoms with E-state index in [1.807, 2.05) is 30.9 Å². The van der Waals surface area contributed by atoms with Crippen molar-refractivity contribution in [1.82, 2.24) is 15.5 Å². The van der Waals surface area contributed by atoms with E-state index in [1.54, 1.807) is 20.3 Å². The second-order valence-corrected chi connectivity index (χ2v) is 7.55. The normalized spacial score (nSPS) is 16.6. The van der Waals surface area contributed by atoms with Crippen LogP contribution in [0.1, 0.15) is 45.1 Å². The predicted molar refractivity (Wildman–Crippen MR) is 109 cm³/mol. The summed E-state index contributed by atoms with van der Waals surface area (Å²) in [5.74, 6) is 1.79. The molecule has 0 saturated carbocycles. The van der Waals surface area contributed by atoms with Crippen molar-refractivity contribution in [3.05, 3.63) is 23.8 Å². The van der Waals surface area contributed by atoms with Gasteiger partial charge in [-0.25, -0.2) is 4.79 Å². The lowest BCUT2D eigenvalue weighted by atomic mass is 9.93. The molecule has 7 heteroatoms. The highest BCUT2D eigenvalue weighted by Gasteiger charge is 2.24. The number of likely N-dealkylation sites (tertiary alicyclic amines) is 1. The van der Waals surface area contributed by atoms with Crippen molar-refractivity contribution in [2.75, 3.05) is 27.3 Å². The number of amides is 3. The first-order valence-electron chi connectivity index (χ1n) is 9.96. The Bertz CT molecular complexity index is 663. The maximum absolute atomic E-state index is 12.3. The van der Waals surface area contributed by atoms with E-state index in [2.05, 4.69) is 10.6 Å². The zero-order chi connectivity index (χ0) is 20.5. The number of nitrogens with one attached hydrogen (secondary N) is 2. The van der Waals surface area contributed by atoms with Gasteiger partial charge < -0.3 is 25.0 Å². The summed E-state index contributed by atoms with van der Waals surface area (Å²) in [5, 5.41) is 5.90. The highest BCUT2D eigenvalue weighted by atomic mass is 16.5. The van der Waals surface area contributed by atoms with Crippen LogP contribution in [-0.4, -0.2) is 50.2 Å². The Morgan fingerprint density at radius 1 is 1.25 bits per heavy atom. The van der Waals surface area contributed by atoms with E-state index in [9.17, 15) is 9.59 Å². The predicted octanol–water partition coefficient (Wildman–Crippen LogP) is 2.93. The number of carbonyl (C=O) groups excluding carboxylic acids is 2. The van der Waals surface area contributed by atoms with Crippen LogP contribution in [0.5, 0.6) is 11.5 Å². The van der Waals surface area contributed by atoms with Crippen LogP contribution >= 0.6 is 0 Å². The molecule has 1 fully saturated rings. The van der Waals surface area contributed by atoms with Gasteiger partial charge in [-0.1, -0.05) is 0 Å². The van der Waals surface area contributed by atoms with Crippen LogP contribution in [0.15, 0.2) is 18.2 Å². The first-order valence-corrected chi connectivity index (χ1v) is 9.96. The summed E-state index contributed by atoms with van der Waals surface area (Å²) in [5.41, 5.74) is 0.908. The number of urea groups is 1. The average Bonchev–Trinajstić information content (AvgIpc) is 2.70. The Hall–Kier alpha value is -2.44. The highest BCUT2D eigenvalue weighted by Crippen LogP contribution is 2.25. The molecule has 2 N–H and O–H groups in total. The molecule has 1 aliphatic rings. The molecule has 1 aromatic carbocycles. The van der Waals surface area contributed by atoms with Crippen molar-refractivity contribution in [3.8, 4) is 11.5 Å². The number of benzene rings is 1. The Labute approximate surface area is 167 Å². The van der Waals surface area contributed by atoms with Crippen LogP contribution in [0.3, 0.4) is 0 Å². The largest absolute Gasteiger partial charge is 0.497 e. The number of carbonyl (C=O) groups is 2. The zero-order valence-corrected chi connectivity index (χ0v) is 17.4. The molecule has 28 heavy (non-hydrogen) atoms. The number of nitrogens with zero attached hydrogens (tertiary/aromatic N) is 1. The quantitative estimate of drug-likeness (QED) is 0.714. The minimum Gasteiger partial charge on any atom is -0.497 e. The topological polar surface area (TPSA) is 79.9 Å². The van der Waals surface area contributed by atoms with E-state index in [-0.39, 0.29) is 18.0 Å². The number of hydrogen-bond acceptors (Lipinski definition) is 4. The molecule has 0 aliphatic carbocycles.